The molecule has 11 rings (SSSR count). The fourth-order valence-electron chi connectivity index (χ4n) is 14.2. The van der Waals surface area contributed by atoms with Gasteiger partial charge in [-0.3, -0.25) is 9.59 Å². The normalized spacial score (nSPS) is 26.4. The van der Waals surface area contributed by atoms with E-state index in [1.165, 1.54) is 26.4 Å². The van der Waals surface area contributed by atoms with Crippen molar-refractivity contribution in [3.63, 3.8) is 0 Å². The molecule has 5 aromatic rings. The number of carbonyl (C=O) groups excluding carboxylic acids is 4. The molecule has 2 aliphatic carbocycles. The summed E-state index contributed by atoms with van der Waals surface area (Å²) in [5.41, 5.74) is 5.47. The quantitative estimate of drug-likeness (QED) is 0.0939. The highest BCUT2D eigenvalue weighted by atomic mass is 19.1. The lowest BCUT2D eigenvalue weighted by molar-refractivity contribution is -0.138. The van der Waals surface area contributed by atoms with Gasteiger partial charge in [0.1, 0.15) is 29.4 Å². The van der Waals surface area contributed by atoms with Gasteiger partial charge in [0.05, 0.1) is 60.5 Å². The number of benzene rings is 3. The van der Waals surface area contributed by atoms with Crippen LogP contribution in [0.1, 0.15) is 158 Å². The van der Waals surface area contributed by atoms with Crippen LogP contribution in [0.25, 0.3) is 22.1 Å². The van der Waals surface area contributed by atoms with Crippen LogP contribution in [-0.2, 0) is 19.1 Å². The second-order valence-corrected chi connectivity index (χ2v) is 22.8. The summed E-state index contributed by atoms with van der Waals surface area (Å²) in [5, 5.41) is 5.59. The van der Waals surface area contributed by atoms with E-state index in [0.717, 1.165) is 104 Å². The molecule has 4 aliphatic heterocycles. The summed E-state index contributed by atoms with van der Waals surface area (Å²) in [6.07, 6.45) is 10.3. The number of fused-ring (bicyclic) bond motifs is 4. The second-order valence-electron chi connectivity index (χ2n) is 22.8. The molecule has 6 aliphatic rings. The number of likely N-dealkylation sites (tertiary alicyclic amines) is 2. The molecule has 75 heavy (non-hydrogen) atoms. The van der Waals surface area contributed by atoms with E-state index >= 15 is 8.78 Å². The maximum Gasteiger partial charge on any atom is 0.407 e. The molecule has 3 aromatic carbocycles. The molecular weight excluding hydrogens is 959 g/mol. The molecule has 10 atom stereocenters. The molecular formula is C57H72F2N10O6. The van der Waals surface area contributed by atoms with E-state index in [1.807, 2.05) is 54.5 Å². The molecule has 0 spiro atoms. The van der Waals surface area contributed by atoms with Crippen molar-refractivity contribution >= 4 is 57.4 Å². The molecule has 18 heteroatoms. The Hall–Kier alpha value is -6.46. The van der Waals surface area contributed by atoms with E-state index in [0.29, 0.717) is 55.1 Å². The number of H-pyrrole nitrogens is 2. The van der Waals surface area contributed by atoms with Gasteiger partial charge in [-0.25, -0.2) is 28.3 Å². The van der Waals surface area contributed by atoms with Gasteiger partial charge >= 0.3 is 12.2 Å². The minimum Gasteiger partial charge on any atom is -0.453 e. The number of ether oxygens (including phenoxy) is 2. The Labute approximate surface area is 437 Å². The maximum absolute atomic E-state index is 16.6. The summed E-state index contributed by atoms with van der Waals surface area (Å²) in [6.45, 7) is 8.89. The highest BCUT2D eigenvalue weighted by Gasteiger charge is 2.51. The molecule has 0 bridgehead atoms. The Kier molecular flexibility index (Phi) is 13.9. The van der Waals surface area contributed by atoms with E-state index < -0.39 is 35.9 Å². The largest absolute Gasteiger partial charge is 0.453 e. The topological polar surface area (TPSA) is 181 Å². The number of alkyl carbamates (subject to hydrolysis) is 2. The monoisotopic (exact) mass is 1030 g/mol. The Morgan fingerprint density at radius 2 is 1.05 bits per heavy atom. The number of anilines is 2. The number of piperidine rings is 1. The first-order valence-corrected chi connectivity index (χ1v) is 27.6. The van der Waals surface area contributed by atoms with E-state index in [-0.39, 0.29) is 65.6 Å². The van der Waals surface area contributed by atoms with Gasteiger partial charge < -0.3 is 49.7 Å². The third kappa shape index (κ3) is 9.31. The number of hydrogen-bond acceptors (Lipinski definition) is 10. The first kappa shape index (κ1) is 50.7. The van der Waals surface area contributed by atoms with Crippen molar-refractivity contribution in [2.75, 3.05) is 37.1 Å². The van der Waals surface area contributed by atoms with Crippen LogP contribution in [0.15, 0.2) is 48.5 Å². The van der Waals surface area contributed by atoms with Crippen LogP contribution in [0.4, 0.5) is 29.7 Å². The number of hydrogen-bond donors (Lipinski definition) is 4. The lowest BCUT2D eigenvalue weighted by Crippen LogP contribution is -2.53. The highest BCUT2D eigenvalue weighted by molar-refractivity contribution is 5.88. The predicted octanol–water partition coefficient (Wildman–Crippen LogP) is 10.4. The number of halogens is 2. The number of amides is 4. The van der Waals surface area contributed by atoms with Crippen molar-refractivity contribution < 1.29 is 37.4 Å². The van der Waals surface area contributed by atoms with Crippen LogP contribution in [0.2, 0.25) is 0 Å². The number of imidazole rings is 2. The summed E-state index contributed by atoms with van der Waals surface area (Å²) in [4.78, 5) is 79.3. The highest BCUT2D eigenvalue weighted by Crippen LogP contribution is 2.52. The number of nitrogens with zero attached hydrogens (tertiary/aromatic N) is 6. The van der Waals surface area contributed by atoms with Gasteiger partial charge in [-0.1, -0.05) is 52.7 Å². The van der Waals surface area contributed by atoms with Crippen molar-refractivity contribution in [3.05, 3.63) is 82.9 Å². The summed E-state index contributed by atoms with van der Waals surface area (Å²) in [6, 6.07) is 12.7. The molecule has 1 unspecified atom stereocenters. The minimum absolute atomic E-state index is 0.0235. The number of aromatic nitrogens is 4. The molecule has 400 valence electrons. The molecule has 2 aromatic heterocycles. The SMILES string of the molecule is COC(=O)N[C@H](C(=O)N1C(c2nc3cc([C@H]4CC[C@H](c5ccc6[nH]c([C@@H]7C[C@@H]8CCC[C@@H]8N7C(=O)[C@@H](NC(=O)OC)C(C)C)nc6c5)N4c4cc(F)c(N5CCCCC5)c(F)c4)ccc3[nH]2)C[C@@H]2CCC[C@@H]21)C(C)C. The summed E-state index contributed by atoms with van der Waals surface area (Å²) < 4.78 is 43.0. The Balaban J connectivity index is 0.929. The van der Waals surface area contributed by atoms with Crippen LogP contribution in [-0.4, -0.2) is 105 Å². The Morgan fingerprint density at radius 3 is 1.48 bits per heavy atom. The van der Waals surface area contributed by atoms with Gasteiger partial charge in [-0.15, -0.1) is 0 Å². The van der Waals surface area contributed by atoms with Gasteiger partial charge in [0.2, 0.25) is 11.8 Å². The third-order valence-corrected chi connectivity index (χ3v) is 17.8. The third-order valence-electron chi connectivity index (χ3n) is 17.8. The minimum atomic E-state index is -0.759. The molecule has 4 saturated heterocycles. The van der Waals surface area contributed by atoms with E-state index in [4.69, 9.17) is 19.4 Å². The summed E-state index contributed by atoms with van der Waals surface area (Å²) in [5.74, 6) is 0.265. The van der Waals surface area contributed by atoms with Crippen molar-refractivity contribution in [1.82, 2.24) is 40.4 Å². The maximum atomic E-state index is 16.6. The fraction of sp³-hybridized carbons (Fsp3) is 0.579. The van der Waals surface area contributed by atoms with Gasteiger partial charge in [0.15, 0.2) is 11.6 Å². The first-order chi connectivity index (χ1) is 36.2. The predicted molar refractivity (Wildman–Crippen MR) is 281 cm³/mol. The van der Waals surface area contributed by atoms with E-state index in [2.05, 4.69) is 49.8 Å². The van der Waals surface area contributed by atoms with Crippen LogP contribution in [0, 0.1) is 35.3 Å². The van der Waals surface area contributed by atoms with Crippen LogP contribution in [0.5, 0.6) is 0 Å². The van der Waals surface area contributed by atoms with Crippen molar-refractivity contribution in [2.24, 2.45) is 23.7 Å². The number of aromatic amines is 2. The first-order valence-electron chi connectivity index (χ1n) is 27.6. The van der Waals surface area contributed by atoms with E-state index in [9.17, 15) is 19.2 Å². The van der Waals surface area contributed by atoms with Crippen LogP contribution >= 0.6 is 0 Å². The smallest absolute Gasteiger partial charge is 0.407 e. The molecule has 0 radical (unpaired) electrons. The van der Waals surface area contributed by atoms with Gasteiger partial charge in [-0.2, -0.15) is 0 Å². The average Bonchev–Trinajstić information content (AvgIpc) is 4.28. The molecule has 6 fully saturated rings. The van der Waals surface area contributed by atoms with Crippen LogP contribution < -0.4 is 20.4 Å². The zero-order chi connectivity index (χ0) is 52.4. The van der Waals surface area contributed by atoms with Gasteiger partial charge in [0, 0.05) is 30.9 Å². The van der Waals surface area contributed by atoms with Crippen molar-refractivity contribution in [2.45, 2.75) is 160 Å². The standard InChI is InChI=1S/C57H72F2N10O6/c1-30(2)49(64-56(72)74-5)54(70)68-43-14-10-12-32(43)26-47(68)52-60-39-18-16-34(24-41(39)62-52)45-20-21-46(67(45)36-28-37(58)51(38(59)29-36)66-22-8-7-9-23-66)35-17-19-40-42(25-35)63-53(61-40)48-27-33-13-11-15-44(33)69(48)55(71)50(31(3)4)65-57(73)75-6/h16-19,24-25,28-33,43-50H,7-15,20-23,26-27H2,1-6H3,(H,60,62)(H,61,63)(H,64,72)(H,65,73)/t32-,33-,43-,44-,45+,46+,47-,48?,49-,50-/m0/s1. The zero-order valence-electron chi connectivity index (χ0n) is 44.0. The Morgan fingerprint density at radius 1 is 0.600 bits per heavy atom. The van der Waals surface area contributed by atoms with Crippen molar-refractivity contribution in [3.8, 4) is 0 Å². The molecule has 6 heterocycles. The summed E-state index contributed by atoms with van der Waals surface area (Å²) in [7, 11) is 2.60. The van der Waals surface area contributed by atoms with Gasteiger partial charge in [0.25, 0.3) is 0 Å². The van der Waals surface area contributed by atoms with Crippen LogP contribution in [0.3, 0.4) is 0 Å². The molecule has 2 saturated carbocycles. The lowest BCUT2D eigenvalue weighted by Gasteiger charge is -2.35. The fourth-order valence-corrected chi connectivity index (χ4v) is 14.2. The Bertz CT molecular complexity index is 2790. The van der Waals surface area contributed by atoms with Gasteiger partial charge in [-0.05, 0) is 142 Å². The number of nitrogens with one attached hydrogen (secondary N) is 4. The lowest BCUT2D eigenvalue weighted by atomic mass is 10.0. The molecule has 16 nitrogen and oxygen atoms in total. The summed E-state index contributed by atoms with van der Waals surface area (Å²) >= 11 is 0. The second kappa shape index (κ2) is 20.6. The zero-order valence-corrected chi connectivity index (χ0v) is 44.0. The van der Waals surface area contributed by atoms with E-state index in [1.54, 1.807) is 0 Å². The number of rotatable bonds is 12. The number of carbonyl (C=O) groups is 4. The molecule has 4 amide bonds. The molecule has 4 N–H and O–H groups in total. The van der Waals surface area contributed by atoms with Crippen molar-refractivity contribution in [1.29, 1.82) is 0 Å². The number of methoxy groups -OCH3 is 2. The average molecular weight is 1030 g/mol.